The van der Waals surface area contributed by atoms with Crippen LogP contribution in [0, 0.1) is 25.5 Å². The molecule has 3 aromatic heterocycles. The molecule has 0 aliphatic carbocycles. The molecular formula is C21H19ClF2N4O3. The Balaban J connectivity index is 2.00. The number of carbonyl (C=O) groups excluding carboxylic acids is 1. The number of amides is 1. The van der Waals surface area contributed by atoms with Crippen molar-refractivity contribution in [3.8, 4) is 11.4 Å². The average Bonchev–Trinajstić information content (AvgIpc) is 2.71. The zero-order valence-corrected chi connectivity index (χ0v) is 18.0. The molecule has 3 aromatic rings. The van der Waals surface area contributed by atoms with Gasteiger partial charge in [-0.05, 0) is 25.5 Å². The van der Waals surface area contributed by atoms with Crippen molar-refractivity contribution >= 4 is 17.5 Å². The van der Waals surface area contributed by atoms with Crippen LogP contribution in [-0.2, 0) is 6.61 Å². The van der Waals surface area contributed by atoms with Crippen LogP contribution in [0.1, 0.15) is 27.4 Å². The van der Waals surface area contributed by atoms with Gasteiger partial charge in [0.2, 0.25) is 0 Å². The fraction of sp³-hybridized carbons (Fsp3) is 0.238. The summed E-state index contributed by atoms with van der Waals surface area (Å²) in [6.07, 6.45) is 2.37. The maximum atomic E-state index is 13.8. The highest BCUT2D eigenvalue weighted by Gasteiger charge is 2.18. The molecule has 7 nitrogen and oxygen atoms in total. The number of ether oxygens (including phenoxy) is 1. The highest BCUT2D eigenvalue weighted by Crippen LogP contribution is 2.26. The molecule has 0 bridgehead atoms. The number of hydrogen-bond donors (Lipinski definition) is 0. The summed E-state index contributed by atoms with van der Waals surface area (Å²) in [5.41, 5.74) is 1.03. The largest absolute Gasteiger partial charge is 0.485 e. The van der Waals surface area contributed by atoms with Gasteiger partial charge in [-0.15, -0.1) is 0 Å². The number of carbonyl (C=O) groups is 1. The molecule has 0 fully saturated rings. The SMILES string of the molecule is Cc1cnc(C(=O)N(C)C)cc1-n1c(C)cc(OCc2ncc(F)cc2F)c(Cl)c1=O. The highest BCUT2D eigenvalue weighted by molar-refractivity contribution is 6.31. The Morgan fingerprint density at radius 2 is 1.87 bits per heavy atom. The number of hydrogen-bond acceptors (Lipinski definition) is 5. The minimum atomic E-state index is -0.869. The fourth-order valence-corrected chi connectivity index (χ4v) is 3.07. The van der Waals surface area contributed by atoms with E-state index in [0.717, 1.165) is 6.20 Å². The van der Waals surface area contributed by atoms with E-state index in [-0.39, 0.29) is 34.7 Å². The van der Waals surface area contributed by atoms with Crippen molar-refractivity contribution in [3.63, 3.8) is 0 Å². The number of halogens is 3. The van der Waals surface area contributed by atoms with Gasteiger partial charge in [0.15, 0.2) is 5.82 Å². The topological polar surface area (TPSA) is 77.3 Å². The molecule has 0 aliphatic heterocycles. The van der Waals surface area contributed by atoms with Gasteiger partial charge >= 0.3 is 0 Å². The molecule has 0 aliphatic rings. The maximum absolute atomic E-state index is 13.8. The van der Waals surface area contributed by atoms with Crippen molar-refractivity contribution < 1.29 is 18.3 Å². The van der Waals surface area contributed by atoms with Gasteiger partial charge in [0.1, 0.15) is 34.6 Å². The van der Waals surface area contributed by atoms with Gasteiger partial charge < -0.3 is 9.64 Å². The summed E-state index contributed by atoms with van der Waals surface area (Å²) in [5.74, 6) is -1.96. The molecule has 0 radical (unpaired) electrons. The van der Waals surface area contributed by atoms with Crippen molar-refractivity contribution in [3.05, 3.63) is 80.2 Å². The third-order valence-electron chi connectivity index (χ3n) is 4.49. The van der Waals surface area contributed by atoms with E-state index in [1.807, 2.05) is 0 Å². The van der Waals surface area contributed by atoms with Crippen LogP contribution in [-0.4, -0.2) is 39.4 Å². The van der Waals surface area contributed by atoms with Gasteiger partial charge in [-0.25, -0.2) is 8.78 Å². The lowest BCUT2D eigenvalue weighted by Crippen LogP contribution is -2.25. The van der Waals surface area contributed by atoms with Crippen LogP contribution >= 0.6 is 11.6 Å². The molecule has 0 saturated carbocycles. The zero-order valence-electron chi connectivity index (χ0n) is 17.2. The molecule has 0 N–H and O–H groups in total. The standard InChI is InChI=1S/C21H19ClF2N4O3/c1-11-8-25-15(20(29)27(3)4)7-17(11)28-12(2)5-18(19(22)21(28)30)31-10-16-14(24)6-13(23)9-26-16/h5-9H,10H2,1-4H3. The molecule has 3 rings (SSSR count). The van der Waals surface area contributed by atoms with Crippen LogP contribution < -0.4 is 10.3 Å². The normalized spacial score (nSPS) is 10.8. The minimum absolute atomic E-state index is 0.0299. The molecule has 3 heterocycles. The molecule has 162 valence electrons. The first kappa shape index (κ1) is 22.4. The number of pyridine rings is 3. The quantitative estimate of drug-likeness (QED) is 0.597. The van der Waals surface area contributed by atoms with Gasteiger partial charge in [-0.1, -0.05) is 11.6 Å². The van der Waals surface area contributed by atoms with Gasteiger partial charge in [-0.3, -0.25) is 24.1 Å². The van der Waals surface area contributed by atoms with E-state index in [9.17, 15) is 18.4 Å². The number of aryl methyl sites for hydroxylation is 2. The van der Waals surface area contributed by atoms with Gasteiger partial charge in [0, 0.05) is 38.1 Å². The van der Waals surface area contributed by atoms with Crippen molar-refractivity contribution in [2.75, 3.05) is 14.1 Å². The molecule has 0 unspecified atom stereocenters. The lowest BCUT2D eigenvalue weighted by atomic mass is 10.2. The first-order chi connectivity index (χ1) is 14.6. The second kappa shape index (κ2) is 8.81. The third-order valence-corrected chi connectivity index (χ3v) is 4.84. The van der Waals surface area contributed by atoms with Crippen LogP contribution in [0.25, 0.3) is 5.69 Å². The first-order valence-electron chi connectivity index (χ1n) is 9.13. The Kier molecular flexibility index (Phi) is 6.35. The Morgan fingerprint density at radius 1 is 1.16 bits per heavy atom. The summed E-state index contributed by atoms with van der Waals surface area (Å²) in [5, 5.41) is -0.232. The monoisotopic (exact) mass is 448 g/mol. The predicted molar refractivity (Wildman–Crippen MR) is 111 cm³/mol. The van der Waals surface area contributed by atoms with E-state index >= 15 is 0 Å². The third kappa shape index (κ3) is 4.56. The Bertz CT molecular complexity index is 1230. The Morgan fingerprint density at radius 3 is 2.52 bits per heavy atom. The lowest BCUT2D eigenvalue weighted by Gasteiger charge is -2.17. The van der Waals surface area contributed by atoms with Crippen molar-refractivity contribution in [2.24, 2.45) is 0 Å². The van der Waals surface area contributed by atoms with Crippen molar-refractivity contribution in [1.82, 2.24) is 19.4 Å². The predicted octanol–water partition coefficient (Wildman–Crippen LogP) is 3.46. The zero-order chi connectivity index (χ0) is 22.9. The molecule has 10 heteroatoms. The van der Waals surface area contributed by atoms with E-state index in [1.165, 1.54) is 27.8 Å². The van der Waals surface area contributed by atoms with Crippen LogP contribution in [0.5, 0.6) is 5.75 Å². The van der Waals surface area contributed by atoms with Crippen molar-refractivity contribution in [2.45, 2.75) is 20.5 Å². The number of rotatable bonds is 5. The summed E-state index contributed by atoms with van der Waals surface area (Å²) in [6.45, 7) is 3.07. The summed E-state index contributed by atoms with van der Waals surface area (Å²) in [6, 6.07) is 3.72. The van der Waals surface area contributed by atoms with E-state index in [0.29, 0.717) is 23.0 Å². The Labute approximate surface area is 181 Å². The summed E-state index contributed by atoms with van der Waals surface area (Å²) in [4.78, 5) is 34.4. The summed E-state index contributed by atoms with van der Waals surface area (Å²) in [7, 11) is 3.20. The van der Waals surface area contributed by atoms with Crippen molar-refractivity contribution in [1.29, 1.82) is 0 Å². The smallest absolute Gasteiger partial charge is 0.277 e. The average molecular weight is 449 g/mol. The van der Waals surface area contributed by atoms with Crippen LogP contribution in [0.15, 0.2) is 35.4 Å². The van der Waals surface area contributed by atoms with E-state index < -0.39 is 17.2 Å². The van der Waals surface area contributed by atoms with Gasteiger partial charge in [0.05, 0.1) is 11.9 Å². The van der Waals surface area contributed by atoms with E-state index in [2.05, 4.69) is 9.97 Å². The fourth-order valence-electron chi connectivity index (χ4n) is 2.88. The molecule has 0 spiro atoms. The van der Waals surface area contributed by atoms with Crippen LogP contribution in [0.3, 0.4) is 0 Å². The summed E-state index contributed by atoms with van der Waals surface area (Å²) >= 11 is 6.23. The molecule has 0 aromatic carbocycles. The molecule has 31 heavy (non-hydrogen) atoms. The minimum Gasteiger partial charge on any atom is -0.485 e. The molecule has 0 saturated heterocycles. The summed E-state index contributed by atoms with van der Waals surface area (Å²) < 4.78 is 33.6. The van der Waals surface area contributed by atoms with Gasteiger partial charge in [0.25, 0.3) is 11.5 Å². The first-order valence-corrected chi connectivity index (χ1v) is 9.51. The van der Waals surface area contributed by atoms with Crippen LogP contribution in [0.2, 0.25) is 5.02 Å². The molecule has 1 amide bonds. The van der Waals surface area contributed by atoms with Crippen LogP contribution in [0.4, 0.5) is 8.78 Å². The second-order valence-corrected chi connectivity index (χ2v) is 7.41. The maximum Gasteiger partial charge on any atom is 0.277 e. The number of nitrogens with zero attached hydrogens (tertiary/aromatic N) is 4. The second-order valence-electron chi connectivity index (χ2n) is 7.03. The van der Waals surface area contributed by atoms with Gasteiger partial charge in [-0.2, -0.15) is 0 Å². The lowest BCUT2D eigenvalue weighted by molar-refractivity contribution is 0.0822. The molecule has 0 atom stereocenters. The highest BCUT2D eigenvalue weighted by atomic mass is 35.5. The van der Waals surface area contributed by atoms with E-state index in [4.69, 9.17) is 16.3 Å². The Hall–Kier alpha value is -3.33. The van der Waals surface area contributed by atoms with E-state index in [1.54, 1.807) is 27.9 Å². The number of aromatic nitrogens is 3. The molecular weight excluding hydrogens is 430 g/mol.